The van der Waals surface area contributed by atoms with Crippen LogP contribution in [0.25, 0.3) is 0 Å². The van der Waals surface area contributed by atoms with Crippen molar-refractivity contribution in [1.29, 1.82) is 0 Å². The molecule has 0 saturated carbocycles. The van der Waals surface area contributed by atoms with E-state index in [-0.39, 0.29) is 5.91 Å². The number of hydrogen-bond acceptors (Lipinski definition) is 2. The minimum absolute atomic E-state index is 0.204. The third-order valence-electron chi connectivity index (χ3n) is 2.49. The van der Waals surface area contributed by atoms with Gasteiger partial charge in [0.2, 0.25) is 5.91 Å². The van der Waals surface area contributed by atoms with Crippen LogP contribution in [0.2, 0.25) is 0 Å². The van der Waals surface area contributed by atoms with Gasteiger partial charge in [-0.1, -0.05) is 12.2 Å². The van der Waals surface area contributed by atoms with Crippen LogP contribution in [0.3, 0.4) is 0 Å². The van der Waals surface area contributed by atoms with Crippen LogP contribution >= 0.6 is 11.8 Å². The summed E-state index contributed by atoms with van der Waals surface area (Å²) in [5, 5.41) is 0. The average molecular weight is 225 g/mol. The predicted octanol–water partition coefficient (Wildman–Crippen LogP) is 2.82. The zero-order valence-electron chi connectivity index (χ0n) is 9.37. The molecule has 0 aromatic heterocycles. The van der Waals surface area contributed by atoms with Crippen molar-refractivity contribution in [3.05, 3.63) is 24.4 Å². The van der Waals surface area contributed by atoms with Gasteiger partial charge >= 0.3 is 0 Å². The number of carbonyl (C=O) groups excluding carboxylic acids is 1. The fraction of sp³-hybridized carbons (Fsp3) is 0.583. The first-order valence-corrected chi connectivity index (χ1v) is 6.78. The molecule has 0 aromatic carbocycles. The van der Waals surface area contributed by atoms with Crippen LogP contribution in [0.1, 0.15) is 25.7 Å². The van der Waals surface area contributed by atoms with E-state index in [0.29, 0.717) is 12.3 Å². The third-order valence-corrected chi connectivity index (χ3v) is 3.03. The molecule has 0 saturated heterocycles. The van der Waals surface area contributed by atoms with Crippen molar-refractivity contribution in [2.75, 3.05) is 18.6 Å². The lowest BCUT2D eigenvalue weighted by Gasteiger charge is -2.26. The Morgan fingerprint density at radius 3 is 3.00 bits per heavy atom. The van der Waals surface area contributed by atoms with Gasteiger partial charge in [0.1, 0.15) is 0 Å². The van der Waals surface area contributed by atoms with Gasteiger partial charge in [0.15, 0.2) is 0 Å². The summed E-state index contributed by atoms with van der Waals surface area (Å²) in [5.41, 5.74) is 1.19. The molecule has 3 heteroatoms. The molecule has 2 nitrogen and oxygen atoms in total. The molecule has 0 heterocycles. The molecule has 0 aliphatic heterocycles. The number of rotatable bonds is 5. The van der Waals surface area contributed by atoms with Crippen molar-refractivity contribution in [2.24, 2.45) is 0 Å². The van der Waals surface area contributed by atoms with Crippen LogP contribution in [0.5, 0.6) is 0 Å². The molecule has 0 aromatic rings. The van der Waals surface area contributed by atoms with E-state index in [1.54, 1.807) is 17.8 Å². The number of carbonyl (C=O) groups is 1. The molecular formula is C12H19NOS. The van der Waals surface area contributed by atoms with E-state index >= 15 is 0 Å². The number of allylic oxidation sites excluding steroid dienone is 2. The maximum Gasteiger partial charge on any atom is 0.236 e. The highest BCUT2D eigenvalue weighted by Gasteiger charge is 2.17. The van der Waals surface area contributed by atoms with Crippen LogP contribution in [-0.4, -0.2) is 29.4 Å². The van der Waals surface area contributed by atoms with Gasteiger partial charge in [-0.25, -0.2) is 0 Å². The number of thioether (sulfide) groups is 1. The Hall–Kier alpha value is -0.700. The number of hydrogen-bond donors (Lipinski definition) is 0. The Kier molecular flexibility index (Phi) is 5.54. The van der Waals surface area contributed by atoms with Crippen LogP contribution < -0.4 is 0 Å². The summed E-state index contributed by atoms with van der Waals surface area (Å²) in [4.78, 5) is 13.7. The molecule has 15 heavy (non-hydrogen) atoms. The van der Waals surface area contributed by atoms with Crippen molar-refractivity contribution < 1.29 is 4.79 Å². The van der Waals surface area contributed by atoms with Crippen molar-refractivity contribution in [3.8, 4) is 0 Å². The molecule has 0 spiro atoms. The Morgan fingerprint density at radius 1 is 1.67 bits per heavy atom. The molecule has 84 valence electrons. The van der Waals surface area contributed by atoms with E-state index in [9.17, 15) is 4.79 Å². The summed E-state index contributed by atoms with van der Waals surface area (Å²) < 4.78 is 0. The van der Waals surface area contributed by atoms with Gasteiger partial charge in [0.05, 0.1) is 5.75 Å². The van der Waals surface area contributed by atoms with Gasteiger partial charge < -0.3 is 4.90 Å². The van der Waals surface area contributed by atoms with Crippen molar-refractivity contribution >= 4 is 17.7 Å². The number of nitrogens with zero attached hydrogens (tertiary/aromatic N) is 1. The Morgan fingerprint density at radius 2 is 2.47 bits per heavy atom. The highest BCUT2D eigenvalue weighted by molar-refractivity contribution is 7.99. The molecule has 0 unspecified atom stereocenters. The second kappa shape index (κ2) is 6.72. The Labute approximate surface area is 96.4 Å². The topological polar surface area (TPSA) is 20.3 Å². The fourth-order valence-electron chi connectivity index (χ4n) is 1.78. The van der Waals surface area contributed by atoms with Crippen molar-refractivity contribution in [1.82, 2.24) is 4.90 Å². The van der Waals surface area contributed by atoms with Crippen molar-refractivity contribution in [2.45, 2.75) is 25.7 Å². The van der Waals surface area contributed by atoms with Gasteiger partial charge in [-0.3, -0.25) is 4.79 Å². The van der Waals surface area contributed by atoms with Gasteiger partial charge in [0, 0.05) is 12.2 Å². The Balaban J connectivity index is 2.67. The molecular weight excluding hydrogens is 206 g/mol. The van der Waals surface area contributed by atoms with Gasteiger partial charge in [-0.15, -0.1) is 6.58 Å². The quantitative estimate of drug-likeness (QED) is 0.671. The molecule has 0 atom stereocenters. The summed E-state index contributed by atoms with van der Waals surface area (Å²) in [6.07, 6.45) is 10.6. The van der Waals surface area contributed by atoms with Crippen LogP contribution in [0.4, 0.5) is 0 Å². The standard InChI is InChI=1S/C12H19NOS/c1-3-9-13(12(14)10-15-2)11-7-5-4-6-8-11/h3,7H,1,4-6,8-10H2,2H3. The van der Waals surface area contributed by atoms with E-state index < -0.39 is 0 Å². The third kappa shape index (κ3) is 3.74. The van der Waals surface area contributed by atoms with E-state index in [0.717, 1.165) is 12.8 Å². The van der Waals surface area contributed by atoms with Gasteiger partial charge in [-0.05, 0) is 31.9 Å². The zero-order valence-corrected chi connectivity index (χ0v) is 10.2. The minimum Gasteiger partial charge on any atom is -0.312 e. The van der Waals surface area contributed by atoms with Crippen LogP contribution in [0.15, 0.2) is 24.4 Å². The van der Waals surface area contributed by atoms with E-state index in [4.69, 9.17) is 0 Å². The molecule has 1 aliphatic rings. The van der Waals surface area contributed by atoms with E-state index in [1.807, 2.05) is 11.2 Å². The largest absolute Gasteiger partial charge is 0.312 e. The lowest BCUT2D eigenvalue weighted by Crippen LogP contribution is -2.32. The smallest absolute Gasteiger partial charge is 0.236 e. The highest BCUT2D eigenvalue weighted by atomic mass is 32.2. The highest BCUT2D eigenvalue weighted by Crippen LogP contribution is 2.21. The Bertz CT molecular complexity index is 260. The molecule has 0 bridgehead atoms. The minimum atomic E-state index is 0.204. The lowest BCUT2D eigenvalue weighted by atomic mass is 10.0. The summed E-state index contributed by atoms with van der Waals surface area (Å²) in [6.45, 7) is 4.35. The molecule has 0 N–H and O–H groups in total. The monoisotopic (exact) mass is 225 g/mol. The molecule has 1 amide bonds. The lowest BCUT2D eigenvalue weighted by molar-refractivity contribution is -0.126. The normalized spacial score (nSPS) is 15.7. The molecule has 1 rings (SSSR count). The molecule has 1 aliphatic carbocycles. The second-order valence-corrected chi connectivity index (χ2v) is 4.53. The molecule has 0 fully saturated rings. The summed E-state index contributed by atoms with van der Waals surface area (Å²) in [6, 6.07) is 0. The first kappa shape index (κ1) is 12.4. The number of amides is 1. The SMILES string of the molecule is C=CCN(C(=O)CSC)C1=CCCCC1. The van der Waals surface area contributed by atoms with Crippen LogP contribution in [-0.2, 0) is 4.79 Å². The fourth-order valence-corrected chi connectivity index (χ4v) is 2.18. The van der Waals surface area contributed by atoms with Gasteiger partial charge in [-0.2, -0.15) is 11.8 Å². The zero-order chi connectivity index (χ0) is 11.1. The molecule has 0 radical (unpaired) electrons. The van der Waals surface area contributed by atoms with Gasteiger partial charge in [0.25, 0.3) is 0 Å². The van der Waals surface area contributed by atoms with E-state index in [1.165, 1.54) is 18.5 Å². The predicted molar refractivity (Wildman–Crippen MR) is 66.8 cm³/mol. The van der Waals surface area contributed by atoms with Crippen molar-refractivity contribution in [3.63, 3.8) is 0 Å². The summed E-state index contributed by atoms with van der Waals surface area (Å²) >= 11 is 1.58. The summed E-state index contributed by atoms with van der Waals surface area (Å²) in [7, 11) is 0. The average Bonchev–Trinajstić information content (AvgIpc) is 2.27. The maximum absolute atomic E-state index is 11.8. The first-order chi connectivity index (χ1) is 7.29. The maximum atomic E-state index is 11.8. The van der Waals surface area contributed by atoms with Crippen LogP contribution in [0, 0.1) is 0 Å². The second-order valence-electron chi connectivity index (χ2n) is 3.67. The summed E-state index contributed by atoms with van der Waals surface area (Å²) in [5.74, 6) is 0.765. The first-order valence-electron chi connectivity index (χ1n) is 5.39. The van der Waals surface area contributed by atoms with E-state index in [2.05, 4.69) is 12.7 Å².